The topological polar surface area (TPSA) is 108 Å². The highest BCUT2D eigenvalue weighted by molar-refractivity contribution is 5.92. The van der Waals surface area contributed by atoms with Crippen LogP contribution in [-0.4, -0.2) is 45.6 Å². The molecule has 0 radical (unpaired) electrons. The van der Waals surface area contributed by atoms with Crippen LogP contribution in [0.5, 0.6) is 5.75 Å². The Morgan fingerprint density at radius 1 is 1.08 bits per heavy atom. The summed E-state index contributed by atoms with van der Waals surface area (Å²) < 4.78 is 5.46. The molecular weight excluding hydrogens is 482 g/mol. The Morgan fingerprint density at radius 2 is 1.68 bits per heavy atom. The van der Waals surface area contributed by atoms with Crippen molar-refractivity contribution >= 4 is 17.9 Å². The van der Waals surface area contributed by atoms with Crippen LogP contribution in [0, 0.1) is 11.8 Å². The Balaban J connectivity index is 1.97. The monoisotopic (exact) mass is 523 g/mol. The second-order valence-electron chi connectivity index (χ2n) is 11.2. The van der Waals surface area contributed by atoms with Crippen LogP contribution in [0.3, 0.4) is 0 Å². The van der Waals surface area contributed by atoms with E-state index >= 15 is 0 Å². The molecule has 3 amide bonds. The van der Waals surface area contributed by atoms with Crippen molar-refractivity contribution in [3.63, 3.8) is 0 Å². The minimum atomic E-state index is -0.936. The van der Waals surface area contributed by atoms with Gasteiger partial charge in [0.05, 0.1) is 0 Å². The molecule has 206 valence electrons. The fourth-order valence-corrected chi connectivity index (χ4v) is 4.43. The van der Waals surface area contributed by atoms with Crippen LogP contribution in [0.2, 0.25) is 0 Å². The first kappa shape index (κ1) is 29.0. The number of ether oxygens (including phenoxy) is 1. The molecule has 0 spiro atoms. The van der Waals surface area contributed by atoms with E-state index in [1.54, 1.807) is 37.8 Å². The Labute approximate surface area is 225 Å². The van der Waals surface area contributed by atoms with Crippen LogP contribution in [0.1, 0.15) is 71.6 Å². The molecule has 2 aromatic rings. The molecule has 1 saturated carbocycles. The number of carbonyl (C=O) groups excluding carboxylic acids is 3. The number of phenols is 1. The van der Waals surface area contributed by atoms with Gasteiger partial charge < -0.3 is 25.4 Å². The van der Waals surface area contributed by atoms with E-state index in [0.717, 1.165) is 12.0 Å². The number of nitrogens with zero attached hydrogens (tertiary/aromatic N) is 1. The van der Waals surface area contributed by atoms with E-state index in [1.165, 1.54) is 12.1 Å². The van der Waals surface area contributed by atoms with Crippen LogP contribution < -0.4 is 10.6 Å². The second kappa shape index (κ2) is 12.3. The minimum Gasteiger partial charge on any atom is -0.508 e. The number of aromatic hydroxyl groups is 1. The molecule has 1 aliphatic rings. The molecule has 0 aromatic heterocycles. The van der Waals surface area contributed by atoms with Gasteiger partial charge in [0, 0.05) is 12.6 Å². The number of hydrogen-bond acceptors (Lipinski definition) is 5. The summed E-state index contributed by atoms with van der Waals surface area (Å²) in [6.45, 7) is 11.5. The zero-order valence-corrected chi connectivity index (χ0v) is 23.2. The first-order chi connectivity index (χ1) is 17.9. The number of carbonyl (C=O) groups is 3. The standard InChI is InChI=1S/C30H41N3O5/c1-7-19(2)25(32-29(37)38-30(4,5)6)28(36)33(24-17-20(24)3)26(22-13-15-23(34)16-14-22)27(35)31-18-21-11-9-8-10-12-21/h8-16,19-20,24-26,34H,7,17-18H2,1-6H3,(H,31,35)(H,32,37). The van der Waals surface area contributed by atoms with Gasteiger partial charge in [0.25, 0.3) is 0 Å². The van der Waals surface area contributed by atoms with E-state index in [1.807, 2.05) is 51.1 Å². The molecular formula is C30H41N3O5. The number of alkyl carbamates (subject to hydrolysis) is 1. The molecule has 0 heterocycles. The minimum absolute atomic E-state index is 0.0685. The number of benzene rings is 2. The lowest BCUT2D eigenvalue weighted by Gasteiger charge is -2.36. The van der Waals surface area contributed by atoms with Crippen molar-refractivity contribution in [2.45, 2.75) is 84.7 Å². The maximum atomic E-state index is 14.3. The van der Waals surface area contributed by atoms with E-state index in [4.69, 9.17) is 4.74 Å². The molecule has 0 aliphatic heterocycles. The summed E-state index contributed by atoms with van der Waals surface area (Å²) in [5.41, 5.74) is 0.803. The molecule has 0 bridgehead atoms. The van der Waals surface area contributed by atoms with Gasteiger partial charge >= 0.3 is 6.09 Å². The SMILES string of the molecule is CCC(C)C(NC(=O)OC(C)(C)C)C(=O)N(C(C(=O)NCc1ccccc1)c1ccc(O)cc1)C1CC1C. The van der Waals surface area contributed by atoms with Crippen LogP contribution >= 0.6 is 0 Å². The summed E-state index contributed by atoms with van der Waals surface area (Å²) >= 11 is 0. The second-order valence-corrected chi connectivity index (χ2v) is 11.2. The fraction of sp³-hybridized carbons (Fsp3) is 0.500. The maximum absolute atomic E-state index is 14.3. The average molecular weight is 524 g/mol. The molecule has 1 aliphatic carbocycles. The molecule has 8 heteroatoms. The molecule has 1 fully saturated rings. The maximum Gasteiger partial charge on any atom is 0.408 e. The quantitative estimate of drug-likeness (QED) is 0.409. The van der Waals surface area contributed by atoms with Gasteiger partial charge in [0.2, 0.25) is 11.8 Å². The van der Waals surface area contributed by atoms with E-state index in [2.05, 4.69) is 10.6 Å². The van der Waals surface area contributed by atoms with E-state index in [0.29, 0.717) is 18.5 Å². The molecule has 3 rings (SSSR count). The van der Waals surface area contributed by atoms with Gasteiger partial charge in [-0.25, -0.2) is 4.79 Å². The van der Waals surface area contributed by atoms with Crippen molar-refractivity contribution in [2.24, 2.45) is 11.8 Å². The van der Waals surface area contributed by atoms with Crippen molar-refractivity contribution < 1.29 is 24.2 Å². The third-order valence-electron chi connectivity index (χ3n) is 6.87. The summed E-state index contributed by atoms with van der Waals surface area (Å²) in [6.07, 6.45) is 0.727. The van der Waals surface area contributed by atoms with Gasteiger partial charge in [-0.3, -0.25) is 9.59 Å². The Kier molecular flexibility index (Phi) is 9.41. The highest BCUT2D eigenvalue weighted by atomic mass is 16.6. The van der Waals surface area contributed by atoms with Crippen LogP contribution in [0.4, 0.5) is 4.79 Å². The van der Waals surface area contributed by atoms with Gasteiger partial charge in [-0.1, -0.05) is 69.7 Å². The van der Waals surface area contributed by atoms with Gasteiger partial charge in [0.15, 0.2) is 0 Å². The molecule has 5 atom stereocenters. The molecule has 5 unspecified atom stereocenters. The zero-order chi connectivity index (χ0) is 28.0. The smallest absolute Gasteiger partial charge is 0.408 e. The molecule has 38 heavy (non-hydrogen) atoms. The molecule has 0 saturated heterocycles. The highest BCUT2D eigenvalue weighted by Gasteiger charge is 2.48. The molecule has 3 N–H and O–H groups in total. The number of rotatable bonds is 10. The third-order valence-corrected chi connectivity index (χ3v) is 6.87. The molecule has 8 nitrogen and oxygen atoms in total. The molecule has 2 aromatic carbocycles. The summed E-state index contributed by atoms with van der Waals surface area (Å²) in [4.78, 5) is 42.4. The van der Waals surface area contributed by atoms with Crippen molar-refractivity contribution in [1.82, 2.24) is 15.5 Å². The predicted molar refractivity (Wildman–Crippen MR) is 146 cm³/mol. The van der Waals surface area contributed by atoms with E-state index in [-0.39, 0.29) is 35.4 Å². The predicted octanol–water partition coefficient (Wildman–Crippen LogP) is 4.93. The Bertz CT molecular complexity index is 1100. The van der Waals surface area contributed by atoms with Gasteiger partial charge in [-0.15, -0.1) is 0 Å². The first-order valence-corrected chi connectivity index (χ1v) is 13.3. The van der Waals surface area contributed by atoms with Crippen molar-refractivity contribution in [2.75, 3.05) is 0 Å². The zero-order valence-electron chi connectivity index (χ0n) is 23.2. The van der Waals surface area contributed by atoms with E-state index < -0.39 is 23.8 Å². The Hall–Kier alpha value is -3.55. The lowest BCUT2D eigenvalue weighted by molar-refractivity contribution is -0.144. The number of phenolic OH excluding ortho intramolecular Hbond substituents is 1. The average Bonchev–Trinajstić information content (AvgIpc) is 3.59. The van der Waals surface area contributed by atoms with Crippen LogP contribution in [0.15, 0.2) is 54.6 Å². The van der Waals surface area contributed by atoms with Crippen molar-refractivity contribution in [1.29, 1.82) is 0 Å². The van der Waals surface area contributed by atoms with Crippen LogP contribution in [0.25, 0.3) is 0 Å². The largest absolute Gasteiger partial charge is 0.508 e. The fourth-order valence-electron chi connectivity index (χ4n) is 4.43. The lowest BCUT2D eigenvalue weighted by atomic mass is 9.95. The number of nitrogens with one attached hydrogen (secondary N) is 2. The third kappa shape index (κ3) is 7.73. The summed E-state index contributed by atoms with van der Waals surface area (Å²) in [6, 6.07) is 13.9. The summed E-state index contributed by atoms with van der Waals surface area (Å²) in [5, 5.41) is 15.7. The normalized spacial score (nSPS) is 19.0. The van der Waals surface area contributed by atoms with Gasteiger partial charge in [0.1, 0.15) is 23.4 Å². The number of amides is 3. The highest BCUT2D eigenvalue weighted by Crippen LogP contribution is 2.41. The van der Waals surface area contributed by atoms with E-state index in [9.17, 15) is 19.5 Å². The van der Waals surface area contributed by atoms with Crippen LogP contribution in [-0.2, 0) is 20.9 Å². The summed E-state index contributed by atoms with van der Waals surface area (Å²) in [5.74, 6) is -0.572. The van der Waals surface area contributed by atoms with Gasteiger partial charge in [-0.05, 0) is 62.3 Å². The van der Waals surface area contributed by atoms with Crippen molar-refractivity contribution in [3.05, 3.63) is 65.7 Å². The Morgan fingerprint density at radius 3 is 2.21 bits per heavy atom. The van der Waals surface area contributed by atoms with Crippen molar-refractivity contribution in [3.8, 4) is 5.75 Å². The first-order valence-electron chi connectivity index (χ1n) is 13.3. The summed E-state index contributed by atoms with van der Waals surface area (Å²) in [7, 11) is 0. The lowest BCUT2D eigenvalue weighted by Crippen LogP contribution is -2.56. The van der Waals surface area contributed by atoms with Gasteiger partial charge in [-0.2, -0.15) is 0 Å². The number of hydrogen-bond donors (Lipinski definition) is 3.